The Morgan fingerprint density at radius 2 is 1.12 bits per heavy atom. The maximum Gasteiger partial charge on any atom is -0.0288 e. The molecule has 0 aliphatic heterocycles. The minimum Gasteiger partial charge on any atom is -0.107 e. The summed E-state index contributed by atoms with van der Waals surface area (Å²) in [4.78, 5) is 0. The molecule has 0 N–H and O–H groups in total. The molecule has 0 fully saturated rings. The molecule has 0 aliphatic carbocycles. The Morgan fingerprint density at radius 3 is 1.53 bits per heavy atom. The van der Waals surface area contributed by atoms with Gasteiger partial charge in [-0.15, -0.1) is 11.8 Å². The molecular formula is C16H30S. The van der Waals surface area contributed by atoms with Gasteiger partial charge in [-0.2, -0.15) is 0 Å². The number of allylic oxidation sites excluding steroid dienone is 2. The van der Waals surface area contributed by atoms with Crippen LogP contribution in [0.15, 0.2) is 23.0 Å². The highest BCUT2D eigenvalue weighted by molar-refractivity contribution is 8.04. The Balaban J connectivity index is 3.14. The summed E-state index contributed by atoms with van der Waals surface area (Å²) in [7, 11) is 0. The second-order valence-electron chi connectivity index (χ2n) is 4.58. The molecule has 0 heterocycles. The van der Waals surface area contributed by atoms with Crippen molar-refractivity contribution in [2.45, 2.75) is 78.1 Å². The molecule has 0 aliphatic rings. The third-order valence-electron chi connectivity index (χ3n) is 2.80. The summed E-state index contributed by atoms with van der Waals surface area (Å²) in [5, 5.41) is 4.46. The molecule has 0 aromatic rings. The minimum atomic E-state index is 1.25. The molecule has 0 radical (unpaired) electrons. The van der Waals surface area contributed by atoms with Gasteiger partial charge >= 0.3 is 0 Å². The Bertz CT molecular complexity index is 162. The van der Waals surface area contributed by atoms with E-state index in [0.717, 1.165) is 0 Å². The monoisotopic (exact) mass is 254 g/mol. The van der Waals surface area contributed by atoms with Gasteiger partial charge in [-0.3, -0.25) is 0 Å². The first kappa shape index (κ1) is 16.8. The second kappa shape index (κ2) is 15.8. The molecular weight excluding hydrogens is 224 g/mol. The van der Waals surface area contributed by atoms with Gasteiger partial charge in [0.1, 0.15) is 0 Å². The molecule has 0 atom stereocenters. The zero-order valence-corrected chi connectivity index (χ0v) is 12.6. The first-order valence-electron chi connectivity index (χ1n) is 7.37. The number of rotatable bonds is 12. The van der Waals surface area contributed by atoms with E-state index >= 15 is 0 Å². The van der Waals surface area contributed by atoms with E-state index in [1.54, 1.807) is 0 Å². The van der Waals surface area contributed by atoms with Gasteiger partial charge in [0, 0.05) is 0 Å². The molecule has 0 aromatic carbocycles. The molecule has 0 saturated carbocycles. The Labute approximate surface area is 113 Å². The summed E-state index contributed by atoms with van der Waals surface area (Å²) in [5.74, 6) is 0. The fourth-order valence-corrected chi connectivity index (χ4v) is 2.26. The summed E-state index contributed by atoms with van der Waals surface area (Å²) in [5.41, 5.74) is 0. The minimum absolute atomic E-state index is 1.25. The van der Waals surface area contributed by atoms with E-state index in [0.29, 0.717) is 0 Å². The standard InChI is InChI=1S/C16H30S/c1-3-5-7-9-11-13-15-17-16-14-12-10-8-6-4-2/h13-16H,3-12H2,1-2H3. The van der Waals surface area contributed by atoms with E-state index in [4.69, 9.17) is 0 Å². The lowest BCUT2D eigenvalue weighted by Gasteiger charge is -1.94. The van der Waals surface area contributed by atoms with Crippen LogP contribution in [0, 0.1) is 0 Å². The van der Waals surface area contributed by atoms with E-state index in [1.807, 2.05) is 11.8 Å². The molecule has 0 unspecified atom stereocenters. The van der Waals surface area contributed by atoms with Crippen LogP contribution in [0.2, 0.25) is 0 Å². The fourth-order valence-electron chi connectivity index (χ4n) is 1.67. The topological polar surface area (TPSA) is 0 Å². The lowest BCUT2D eigenvalue weighted by Crippen LogP contribution is -1.73. The van der Waals surface area contributed by atoms with Crippen LogP contribution >= 0.6 is 11.8 Å². The van der Waals surface area contributed by atoms with Crippen molar-refractivity contribution in [1.82, 2.24) is 0 Å². The maximum absolute atomic E-state index is 2.31. The van der Waals surface area contributed by atoms with Crippen LogP contribution in [0.5, 0.6) is 0 Å². The van der Waals surface area contributed by atoms with Crippen LogP contribution in [0.25, 0.3) is 0 Å². The van der Waals surface area contributed by atoms with E-state index in [9.17, 15) is 0 Å². The summed E-state index contributed by atoms with van der Waals surface area (Å²) < 4.78 is 0. The van der Waals surface area contributed by atoms with Crippen molar-refractivity contribution in [2.24, 2.45) is 0 Å². The molecule has 0 aromatic heterocycles. The Morgan fingerprint density at radius 1 is 0.647 bits per heavy atom. The number of thioether (sulfide) groups is 1. The molecule has 0 amide bonds. The van der Waals surface area contributed by atoms with Crippen molar-refractivity contribution in [2.75, 3.05) is 0 Å². The summed E-state index contributed by atoms with van der Waals surface area (Å²) in [6.45, 7) is 4.52. The van der Waals surface area contributed by atoms with Crippen molar-refractivity contribution in [3.05, 3.63) is 23.0 Å². The number of unbranched alkanes of at least 4 members (excludes halogenated alkanes) is 8. The van der Waals surface area contributed by atoms with Gasteiger partial charge in [-0.25, -0.2) is 0 Å². The van der Waals surface area contributed by atoms with E-state index in [2.05, 4.69) is 36.8 Å². The van der Waals surface area contributed by atoms with Gasteiger partial charge in [-0.1, -0.05) is 64.5 Å². The van der Waals surface area contributed by atoms with Crippen molar-refractivity contribution in [3.63, 3.8) is 0 Å². The van der Waals surface area contributed by atoms with Crippen LogP contribution in [0.4, 0.5) is 0 Å². The van der Waals surface area contributed by atoms with E-state index in [-0.39, 0.29) is 0 Å². The van der Waals surface area contributed by atoms with Crippen LogP contribution in [0.3, 0.4) is 0 Å². The molecule has 0 bridgehead atoms. The van der Waals surface area contributed by atoms with Crippen molar-refractivity contribution < 1.29 is 0 Å². The largest absolute Gasteiger partial charge is 0.107 e. The van der Waals surface area contributed by atoms with Crippen LogP contribution in [-0.4, -0.2) is 0 Å². The van der Waals surface area contributed by atoms with Crippen molar-refractivity contribution in [1.29, 1.82) is 0 Å². The average molecular weight is 254 g/mol. The van der Waals surface area contributed by atoms with Crippen LogP contribution in [-0.2, 0) is 0 Å². The first-order chi connectivity index (χ1) is 8.41. The highest BCUT2D eigenvalue weighted by Gasteiger charge is 1.85. The van der Waals surface area contributed by atoms with Crippen LogP contribution in [0.1, 0.15) is 78.1 Å². The lowest BCUT2D eigenvalue weighted by atomic mass is 10.2. The lowest BCUT2D eigenvalue weighted by molar-refractivity contribution is 0.674. The Hall–Kier alpha value is -0.170. The summed E-state index contributed by atoms with van der Waals surface area (Å²) in [6.07, 6.45) is 18.0. The third-order valence-corrected chi connectivity index (χ3v) is 3.50. The van der Waals surface area contributed by atoms with Gasteiger partial charge in [0.05, 0.1) is 0 Å². The van der Waals surface area contributed by atoms with Crippen molar-refractivity contribution in [3.8, 4) is 0 Å². The Kier molecular flexibility index (Phi) is 15.7. The van der Waals surface area contributed by atoms with Gasteiger partial charge in [0.25, 0.3) is 0 Å². The fraction of sp³-hybridized carbons (Fsp3) is 0.750. The molecule has 100 valence electrons. The molecule has 0 nitrogen and oxygen atoms in total. The van der Waals surface area contributed by atoms with Gasteiger partial charge in [0.15, 0.2) is 0 Å². The van der Waals surface area contributed by atoms with Gasteiger partial charge in [-0.05, 0) is 36.5 Å². The number of hydrogen-bond donors (Lipinski definition) is 0. The average Bonchev–Trinajstić information content (AvgIpc) is 2.35. The predicted molar refractivity (Wildman–Crippen MR) is 83.4 cm³/mol. The zero-order valence-electron chi connectivity index (χ0n) is 11.8. The van der Waals surface area contributed by atoms with E-state index in [1.165, 1.54) is 64.2 Å². The summed E-state index contributed by atoms with van der Waals surface area (Å²) in [6, 6.07) is 0. The normalized spacial score (nSPS) is 11.9. The molecule has 17 heavy (non-hydrogen) atoms. The summed E-state index contributed by atoms with van der Waals surface area (Å²) >= 11 is 1.82. The number of hydrogen-bond acceptors (Lipinski definition) is 1. The first-order valence-corrected chi connectivity index (χ1v) is 8.31. The third kappa shape index (κ3) is 15.8. The zero-order chi connectivity index (χ0) is 12.6. The molecule has 0 rings (SSSR count). The second-order valence-corrected chi connectivity index (χ2v) is 5.39. The van der Waals surface area contributed by atoms with Gasteiger partial charge < -0.3 is 0 Å². The van der Waals surface area contributed by atoms with Crippen molar-refractivity contribution >= 4 is 11.8 Å². The predicted octanol–water partition coefficient (Wildman–Crippen LogP) is 6.69. The smallest absolute Gasteiger partial charge is 0.0288 e. The van der Waals surface area contributed by atoms with E-state index < -0.39 is 0 Å². The highest BCUT2D eigenvalue weighted by Crippen LogP contribution is 2.10. The molecule has 1 heteroatoms. The van der Waals surface area contributed by atoms with Gasteiger partial charge in [0.2, 0.25) is 0 Å². The highest BCUT2D eigenvalue weighted by atomic mass is 32.2. The van der Waals surface area contributed by atoms with Crippen LogP contribution < -0.4 is 0 Å². The quantitative estimate of drug-likeness (QED) is 0.350. The molecule has 0 spiro atoms. The SMILES string of the molecule is CCCCCCC=CSC=CCCCCCC. The maximum atomic E-state index is 2.31. The molecule has 0 saturated heterocycles.